The van der Waals surface area contributed by atoms with Crippen LogP contribution in [-0.4, -0.2) is 22.2 Å². The predicted molar refractivity (Wildman–Crippen MR) is 31.2 cm³/mol. The maximum atomic E-state index is 5.20. The van der Waals surface area contributed by atoms with Crippen LogP contribution in [0.3, 0.4) is 0 Å². The van der Waals surface area contributed by atoms with Crippen molar-refractivity contribution in [2.45, 2.75) is 6.42 Å². The highest BCUT2D eigenvalue weighted by molar-refractivity contribution is 6.89. The second kappa shape index (κ2) is 6.43. The molecule has 2 N–H and O–H groups in total. The first-order valence-electron chi connectivity index (χ1n) is 2.09. The summed E-state index contributed by atoms with van der Waals surface area (Å²) < 4.78 is 4.79. The van der Waals surface area contributed by atoms with Crippen LogP contribution in [0.2, 0.25) is 0 Å². The number of halogens is 1. The van der Waals surface area contributed by atoms with Crippen molar-refractivity contribution in [3.8, 4) is 0 Å². The molecule has 0 aromatic rings. The topological polar surface area (TPSA) is 35.2 Å². The van der Waals surface area contributed by atoms with E-state index in [1.807, 2.05) is 0 Å². The van der Waals surface area contributed by atoms with Gasteiger partial charge in [-0.2, -0.15) is 0 Å². The van der Waals surface area contributed by atoms with Gasteiger partial charge >= 0.3 is 9.07 Å². The number of hydrogen-bond acceptors (Lipinski definition) is 2. The largest absolute Gasteiger partial charge is 0.403 e. The van der Waals surface area contributed by atoms with Gasteiger partial charge in [-0.15, -0.1) is 11.1 Å². The van der Waals surface area contributed by atoms with Crippen molar-refractivity contribution >= 4 is 20.2 Å². The molecule has 0 aliphatic heterocycles. The Labute approximate surface area is 50.6 Å². The zero-order valence-corrected chi connectivity index (χ0v) is 5.74. The molecular weight excluding hydrogens is 130 g/mol. The van der Waals surface area contributed by atoms with Crippen molar-refractivity contribution in [1.82, 2.24) is 0 Å². The third-order valence-corrected chi connectivity index (χ3v) is 1.15. The molecule has 0 aromatic heterocycles. The number of nitrogens with two attached hydrogens (primary N) is 1. The van der Waals surface area contributed by atoms with Gasteiger partial charge in [-0.3, -0.25) is 0 Å². The summed E-state index contributed by atoms with van der Waals surface area (Å²) >= 11 is 5.20. The van der Waals surface area contributed by atoms with Gasteiger partial charge in [0.1, 0.15) is 0 Å². The lowest BCUT2D eigenvalue weighted by Gasteiger charge is -1.92. The molecule has 42 valence electrons. The Morgan fingerprint density at radius 2 is 2.43 bits per heavy atom. The van der Waals surface area contributed by atoms with Crippen LogP contribution in [-0.2, 0) is 4.43 Å². The van der Waals surface area contributed by atoms with Gasteiger partial charge in [-0.1, -0.05) is 0 Å². The molecule has 0 atom stereocenters. The van der Waals surface area contributed by atoms with Crippen molar-refractivity contribution in [2.24, 2.45) is 5.73 Å². The fourth-order valence-electron chi connectivity index (χ4n) is 0.194. The second-order valence-corrected chi connectivity index (χ2v) is 1.97. The first-order chi connectivity index (χ1) is 3.41. The molecule has 0 saturated heterocycles. The molecule has 0 aromatic carbocycles. The first-order valence-corrected chi connectivity index (χ1v) is 4.01. The normalized spacial score (nSPS) is 9.43. The molecule has 0 aliphatic rings. The quantitative estimate of drug-likeness (QED) is 0.340. The summed E-state index contributed by atoms with van der Waals surface area (Å²) in [5.74, 6) is 0. The van der Waals surface area contributed by atoms with Gasteiger partial charge in [0.2, 0.25) is 0 Å². The molecule has 0 bridgehead atoms. The molecule has 2 radical (unpaired) electrons. The Kier molecular flexibility index (Phi) is 6.82. The molecule has 2 nitrogen and oxygen atoms in total. The molecular formula is C3H8ClNOSi. The van der Waals surface area contributed by atoms with E-state index in [1.54, 1.807) is 0 Å². The van der Waals surface area contributed by atoms with Crippen molar-refractivity contribution in [1.29, 1.82) is 0 Å². The van der Waals surface area contributed by atoms with E-state index < -0.39 is 0 Å². The highest BCUT2D eigenvalue weighted by Gasteiger charge is 1.82. The van der Waals surface area contributed by atoms with Gasteiger partial charge in [0.15, 0.2) is 0 Å². The summed E-state index contributed by atoms with van der Waals surface area (Å²) in [6.07, 6.45) is 0.902. The van der Waals surface area contributed by atoms with E-state index in [4.69, 9.17) is 21.2 Å². The average Bonchev–Trinajstić information content (AvgIpc) is 1.69. The predicted octanol–water partition coefficient (Wildman–Crippen LogP) is 0.125. The van der Waals surface area contributed by atoms with E-state index in [0.29, 0.717) is 13.2 Å². The van der Waals surface area contributed by atoms with Crippen LogP contribution in [0, 0.1) is 0 Å². The Bertz CT molecular complexity index is 34.1. The minimum absolute atomic E-state index is 0.0843. The van der Waals surface area contributed by atoms with Crippen LogP contribution in [0.4, 0.5) is 0 Å². The standard InChI is InChI=1S/C3H8ClNOSi/c4-7-6-3-1-2-5/h1-3,5H2. The molecule has 0 rings (SSSR count). The zero-order chi connectivity index (χ0) is 5.54. The summed E-state index contributed by atoms with van der Waals surface area (Å²) in [5, 5.41) is 0. The van der Waals surface area contributed by atoms with Gasteiger partial charge in [-0.25, -0.2) is 0 Å². The van der Waals surface area contributed by atoms with Crippen LogP contribution in [0.1, 0.15) is 6.42 Å². The molecule has 0 aliphatic carbocycles. The Balaban J connectivity index is 2.45. The monoisotopic (exact) mass is 137 g/mol. The second-order valence-electron chi connectivity index (χ2n) is 1.07. The molecule has 0 unspecified atom stereocenters. The SMILES string of the molecule is NCCCO[Si]Cl. The van der Waals surface area contributed by atoms with Crippen LogP contribution in [0.15, 0.2) is 0 Å². The molecule has 0 fully saturated rings. The van der Waals surface area contributed by atoms with E-state index in [2.05, 4.69) is 0 Å². The highest BCUT2D eigenvalue weighted by Crippen LogP contribution is 1.77. The Morgan fingerprint density at radius 3 is 2.86 bits per heavy atom. The Morgan fingerprint density at radius 1 is 1.71 bits per heavy atom. The van der Waals surface area contributed by atoms with Gasteiger partial charge in [-0.05, 0) is 13.0 Å². The molecule has 0 spiro atoms. The smallest absolute Gasteiger partial charge is 0.356 e. The summed E-state index contributed by atoms with van der Waals surface area (Å²) in [5.41, 5.74) is 5.15. The number of hydrogen-bond donors (Lipinski definition) is 1. The third-order valence-electron chi connectivity index (χ3n) is 0.505. The maximum Gasteiger partial charge on any atom is 0.356 e. The fraction of sp³-hybridized carbons (Fsp3) is 1.00. The lowest BCUT2D eigenvalue weighted by molar-refractivity contribution is 0.340. The van der Waals surface area contributed by atoms with Crippen molar-refractivity contribution < 1.29 is 4.43 Å². The van der Waals surface area contributed by atoms with Crippen LogP contribution in [0.25, 0.3) is 0 Å². The summed E-state index contributed by atoms with van der Waals surface area (Å²) in [7, 11) is 0.0843. The lowest BCUT2D eigenvalue weighted by Crippen LogP contribution is -2.04. The van der Waals surface area contributed by atoms with Crippen LogP contribution in [0.5, 0.6) is 0 Å². The van der Waals surface area contributed by atoms with Gasteiger partial charge in [0.05, 0.1) is 0 Å². The fourth-order valence-corrected chi connectivity index (χ4v) is 0.647. The minimum atomic E-state index is 0.0843. The first kappa shape index (κ1) is 7.43. The van der Waals surface area contributed by atoms with Crippen molar-refractivity contribution in [3.63, 3.8) is 0 Å². The minimum Gasteiger partial charge on any atom is -0.403 e. The van der Waals surface area contributed by atoms with E-state index in [-0.39, 0.29) is 9.07 Å². The van der Waals surface area contributed by atoms with E-state index >= 15 is 0 Å². The molecule has 4 heteroatoms. The average molecular weight is 138 g/mol. The van der Waals surface area contributed by atoms with Gasteiger partial charge in [0, 0.05) is 6.61 Å². The van der Waals surface area contributed by atoms with Crippen LogP contribution < -0.4 is 5.73 Å². The van der Waals surface area contributed by atoms with E-state index in [1.165, 1.54) is 0 Å². The van der Waals surface area contributed by atoms with Crippen LogP contribution >= 0.6 is 11.1 Å². The van der Waals surface area contributed by atoms with Gasteiger partial charge < -0.3 is 10.2 Å². The third kappa shape index (κ3) is 6.43. The highest BCUT2D eigenvalue weighted by atomic mass is 35.6. The van der Waals surface area contributed by atoms with Crippen molar-refractivity contribution in [3.05, 3.63) is 0 Å². The summed E-state index contributed by atoms with van der Waals surface area (Å²) in [4.78, 5) is 0. The van der Waals surface area contributed by atoms with Crippen molar-refractivity contribution in [2.75, 3.05) is 13.2 Å². The molecule has 0 saturated carbocycles. The van der Waals surface area contributed by atoms with Gasteiger partial charge in [0.25, 0.3) is 0 Å². The molecule has 0 heterocycles. The number of rotatable bonds is 4. The Hall–Kier alpha value is 0.427. The van der Waals surface area contributed by atoms with E-state index in [0.717, 1.165) is 6.42 Å². The maximum absolute atomic E-state index is 5.20. The zero-order valence-electron chi connectivity index (χ0n) is 3.98. The molecule has 0 amide bonds. The molecule has 7 heavy (non-hydrogen) atoms. The summed E-state index contributed by atoms with van der Waals surface area (Å²) in [6.45, 7) is 1.37. The van der Waals surface area contributed by atoms with E-state index in [9.17, 15) is 0 Å². The lowest BCUT2D eigenvalue weighted by atomic mass is 10.5. The summed E-state index contributed by atoms with van der Waals surface area (Å²) in [6, 6.07) is 0.